The van der Waals surface area contributed by atoms with Gasteiger partial charge in [-0.05, 0) is 30.5 Å². The number of nitriles is 1. The Bertz CT molecular complexity index is 1040. The predicted octanol–water partition coefficient (Wildman–Crippen LogP) is 4.43. The highest BCUT2D eigenvalue weighted by atomic mass is 35.5. The Morgan fingerprint density at radius 3 is 2.96 bits per heavy atom. The van der Waals surface area contributed by atoms with Crippen LogP contribution in [0.2, 0.25) is 5.15 Å². The van der Waals surface area contributed by atoms with Gasteiger partial charge in [0.15, 0.2) is 5.78 Å². The molecule has 5 nitrogen and oxygen atoms in total. The maximum Gasteiger partial charge on any atom is 0.205 e. The molecule has 1 N–H and O–H groups in total. The van der Waals surface area contributed by atoms with E-state index < -0.39 is 11.8 Å². The van der Waals surface area contributed by atoms with Crippen molar-refractivity contribution in [2.75, 3.05) is 0 Å². The maximum atomic E-state index is 12.6. The van der Waals surface area contributed by atoms with E-state index in [0.717, 1.165) is 16.5 Å². The Morgan fingerprint density at radius 1 is 1.38 bits per heavy atom. The number of hydrogen-bond acceptors (Lipinski definition) is 5. The van der Waals surface area contributed by atoms with E-state index in [-0.39, 0.29) is 16.8 Å². The van der Waals surface area contributed by atoms with E-state index in [9.17, 15) is 10.1 Å². The van der Waals surface area contributed by atoms with Gasteiger partial charge in [0, 0.05) is 29.7 Å². The molecule has 2 aromatic rings. The van der Waals surface area contributed by atoms with E-state index in [4.69, 9.17) is 21.7 Å². The molecule has 2 atom stereocenters. The van der Waals surface area contributed by atoms with Gasteiger partial charge < -0.3 is 4.74 Å². The van der Waals surface area contributed by atoms with Crippen LogP contribution in [0.1, 0.15) is 36.3 Å². The summed E-state index contributed by atoms with van der Waals surface area (Å²) >= 11 is 6.49. The van der Waals surface area contributed by atoms with Crippen LogP contribution in [0.4, 0.5) is 0 Å². The number of fused-ring (bicyclic) bond motifs is 1. The van der Waals surface area contributed by atoms with Crippen molar-refractivity contribution in [3.63, 3.8) is 0 Å². The van der Waals surface area contributed by atoms with Gasteiger partial charge in [0.05, 0.1) is 11.6 Å². The maximum absolute atomic E-state index is 12.6. The first-order chi connectivity index (χ1) is 12.5. The number of Topliss-reactive ketones (excluding diaryl/α,β-unsaturated/α-hetero) is 1. The average Bonchev–Trinajstić information content (AvgIpc) is 2.61. The Balaban J connectivity index is 1.98. The lowest BCUT2D eigenvalue weighted by molar-refractivity contribution is -0.116. The Morgan fingerprint density at radius 2 is 2.19 bits per heavy atom. The summed E-state index contributed by atoms with van der Waals surface area (Å²) in [7, 11) is 0. The SMILES string of the molecule is Cc1cccc2cc(C3C4=C(CCCC4=O)OC(=N)C3C#N)c(Cl)nc12. The Hall–Kier alpha value is -2.71. The van der Waals surface area contributed by atoms with Gasteiger partial charge in [-0.15, -0.1) is 0 Å². The van der Waals surface area contributed by atoms with Crippen molar-refractivity contribution in [1.29, 1.82) is 10.7 Å². The number of ether oxygens (including phenoxy) is 1. The summed E-state index contributed by atoms with van der Waals surface area (Å²) in [5.41, 5.74) is 2.88. The van der Waals surface area contributed by atoms with Gasteiger partial charge in [-0.3, -0.25) is 10.2 Å². The highest BCUT2D eigenvalue weighted by molar-refractivity contribution is 6.31. The molecular weight excluding hydrogens is 350 g/mol. The van der Waals surface area contributed by atoms with Gasteiger partial charge in [0.2, 0.25) is 5.90 Å². The van der Waals surface area contributed by atoms with E-state index in [2.05, 4.69) is 11.1 Å². The van der Waals surface area contributed by atoms with Crippen LogP contribution in [0.3, 0.4) is 0 Å². The molecule has 1 aliphatic carbocycles. The van der Waals surface area contributed by atoms with Gasteiger partial charge in [0.25, 0.3) is 0 Å². The van der Waals surface area contributed by atoms with Crippen LogP contribution in [0, 0.1) is 29.6 Å². The molecular formula is C20H16ClN3O2. The molecule has 26 heavy (non-hydrogen) atoms. The smallest absolute Gasteiger partial charge is 0.205 e. The molecule has 6 heteroatoms. The molecule has 1 aromatic carbocycles. The van der Waals surface area contributed by atoms with Crippen LogP contribution in [0.15, 0.2) is 35.6 Å². The van der Waals surface area contributed by atoms with Crippen LogP contribution in [0.5, 0.6) is 0 Å². The number of hydrogen-bond donors (Lipinski definition) is 1. The van der Waals surface area contributed by atoms with E-state index in [1.54, 1.807) is 0 Å². The van der Waals surface area contributed by atoms with Crippen LogP contribution in [-0.2, 0) is 9.53 Å². The molecule has 1 aliphatic heterocycles. The fourth-order valence-corrected chi connectivity index (χ4v) is 4.09. The number of pyridine rings is 1. The van der Waals surface area contributed by atoms with Gasteiger partial charge in [-0.1, -0.05) is 29.8 Å². The third-order valence-corrected chi connectivity index (χ3v) is 5.37. The zero-order chi connectivity index (χ0) is 18.4. The quantitative estimate of drug-likeness (QED) is 0.757. The van der Waals surface area contributed by atoms with Crippen molar-refractivity contribution in [2.24, 2.45) is 5.92 Å². The van der Waals surface area contributed by atoms with Gasteiger partial charge in [0.1, 0.15) is 16.8 Å². The fourth-order valence-electron chi connectivity index (χ4n) is 3.83. The molecule has 0 fully saturated rings. The van der Waals surface area contributed by atoms with Crippen molar-refractivity contribution in [3.05, 3.63) is 51.9 Å². The number of ketones is 1. The van der Waals surface area contributed by atoms with E-state index in [0.29, 0.717) is 36.2 Å². The fraction of sp³-hybridized carbons (Fsp3) is 0.300. The second-order valence-corrected chi connectivity index (χ2v) is 7.04. The zero-order valence-corrected chi connectivity index (χ0v) is 14.9. The summed E-state index contributed by atoms with van der Waals surface area (Å²) in [4.78, 5) is 17.1. The third-order valence-electron chi connectivity index (χ3n) is 5.07. The van der Waals surface area contributed by atoms with Gasteiger partial charge in [-0.2, -0.15) is 5.26 Å². The number of carbonyl (C=O) groups excluding carboxylic acids is 1. The zero-order valence-electron chi connectivity index (χ0n) is 14.2. The summed E-state index contributed by atoms with van der Waals surface area (Å²) < 4.78 is 5.52. The molecule has 0 saturated heterocycles. The highest BCUT2D eigenvalue weighted by Crippen LogP contribution is 2.45. The highest BCUT2D eigenvalue weighted by Gasteiger charge is 2.43. The van der Waals surface area contributed by atoms with E-state index in [1.807, 2.05) is 31.2 Å². The minimum Gasteiger partial charge on any atom is -0.446 e. The first-order valence-corrected chi connectivity index (χ1v) is 8.87. The summed E-state index contributed by atoms with van der Waals surface area (Å²) in [6.07, 6.45) is 1.70. The molecule has 2 heterocycles. The number of halogens is 1. The topological polar surface area (TPSA) is 86.8 Å². The first-order valence-electron chi connectivity index (χ1n) is 8.49. The molecule has 0 bridgehead atoms. The van der Waals surface area contributed by atoms with Crippen molar-refractivity contribution in [2.45, 2.75) is 32.1 Å². The van der Waals surface area contributed by atoms with Crippen LogP contribution in [0.25, 0.3) is 10.9 Å². The Kier molecular flexibility index (Phi) is 4.01. The number of nitrogens with one attached hydrogen (secondary N) is 1. The lowest BCUT2D eigenvalue weighted by atomic mass is 9.74. The molecule has 1 aromatic heterocycles. The molecule has 2 aliphatic rings. The van der Waals surface area contributed by atoms with Gasteiger partial charge >= 0.3 is 0 Å². The summed E-state index contributed by atoms with van der Waals surface area (Å²) in [5, 5.41) is 18.9. The third kappa shape index (κ3) is 2.49. The number of carbonyl (C=O) groups is 1. The lowest BCUT2D eigenvalue weighted by Gasteiger charge is -2.34. The van der Waals surface area contributed by atoms with Crippen molar-refractivity contribution >= 4 is 34.2 Å². The number of rotatable bonds is 1. The lowest BCUT2D eigenvalue weighted by Crippen LogP contribution is -2.34. The van der Waals surface area contributed by atoms with Crippen LogP contribution < -0.4 is 0 Å². The van der Waals surface area contributed by atoms with Crippen molar-refractivity contribution in [3.8, 4) is 6.07 Å². The van der Waals surface area contributed by atoms with Crippen molar-refractivity contribution < 1.29 is 9.53 Å². The molecule has 0 amide bonds. The van der Waals surface area contributed by atoms with E-state index >= 15 is 0 Å². The summed E-state index contributed by atoms with van der Waals surface area (Å²) in [6, 6.07) is 9.83. The number of benzene rings is 1. The van der Waals surface area contributed by atoms with Crippen LogP contribution in [-0.4, -0.2) is 16.7 Å². The standard InChI is InChI=1S/C20H16ClN3O2/c1-10-4-2-5-11-8-12(19(21)24-18(10)11)16-13(9-22)20(23)26-15-7-3-6-14(25)17(15)16/h2,4-5,8,13,16,23H,3,6-7H2,1H3. The number of aromatic nitrogens is 1. The number of aryl methyl sites for hydroxylation is 1. The minimum atomic E-state index is -0.891. The van der Waals surface area contributed by atoms with Gasteiger partial charge in [-0.25, -0.2) is 4.98 Å². The minimum absolute atomic E-state index is 0.0376. The monoisotopic (exact) mass is 365 g/mol. The molecule has 0 radical (unpaired) electrons. The second kappa shape index (κ2) is 6.22. The number of para-hydroxylation sites is 1. The predicted molar refractivity (Wildman–Crippen MR) is 98.0 cm³/mol. The Labute approximate surface area is 155 Å². The number of allylic oxidation sites excluding steroid dienone is 2. The number of nitrogens with zero attached hydrogens (tertiary/aromatic N) is 2. The molecule has 0 spiro atoms. The summed E-state index contributed by atoms with van der Waals surface area (Å²) in [5.74, 6) is -1.18. The second-order valence-electron chi connectivity index (χ2n) is 6.68. The molecule has 2 unspecified atom stereocenters. The molecule has 130 valence electrons. The first kappa shape index (κ1) is 16.7. The summed E-state index contributed by atoms with van der Waals surface area (Å²) in [6.45, 7) is 1.96. The van der Waals surface area contributed by atoms with Crippen molar-refractivity contribution in [1.82, 2.24) is 4.98 Å². The normalized spacial score (nSPS) is 22.8. The van der Waals surface area contributed by atoms with Crippen LogP contribution >= 0.6 is 11.6 Å². The molecule has 4 rings (SSSR count). The largest absolute Gasteiger partial charge is 0.446 e. The molecule has 0 saturated carbocycles. The van der Waals surface area contributed by atoms with E-state index in [1.165, 1.54) is 0 Å². The average molecular weight is 366 g/mol.